The van der Waals surface area contributed by atoms with E-state index in [-0.39, 0.29) is 5.91 Å². The third-order valence-electron chi connectivity index (χ3n) is 3.57. The molecule has 0 saturated heterocycles. The maximum atomic E-state index is 11.2. The number of nitrogens with zero attached hydrogens (tertiary/aromatic N) is 1. The summed E-state index contributed by atoms with van der Waals surface area (Å²) >= 11 is 0. The van der Waals surface area contributed by atoms with Gasteiger partial charge in [-0.3, -0.25) is 4.79 Å². The molecule has 2 aromatic heterocycles. The summed E-state index contributed by atoms with van der Waals surface area (Å²) < 4.78 is 5.74. The van der Waals surface area contributed by atoms with Gasteiger partial charge in [0.05, 0.1) is 17.8 Å². The van der Waals surface area contributed by atoms with Crippen molar-refractivity contribution in [3.05, 3.63) is 53.7 Å². The minimum atomic E-state index is -0.126. The molecule has 2 heterocycles. The van der Waals surface area contributed by atoms with Crippen LogP contribution in [0.3, 0.4) is 0 Å². The zero-order valence-corrected chi connectivity index (χ0v) is 13.2. The molecule has 0 aliphatic heterocycles. The fourth-order valence-corrected chi connectivity index (χ4v) is 2.37. The van der Waals surface area contributed by atoms with E-state index in [4.69, 9.17) is 4.74 Å². The van der Waals surface area contributed by atoms with Crippen molar-refractivity contribution in [1.82, 2.24) is 9.97 Å². The van der Waals surface area contributed by atoms with Crippen LogP contribution in [-0.4, -0.2) is 22.5 Å². The molecule has 0 unspecified atom stereocenters. The molecule has 3 aromatic rings. The highest BCUT2D eigenvalue weighted by atomic mass is 16.5. The molecule has 0 bridgehead atoms. The lowest BCUT2D eigenvalue weighted by Crippen LogP contribution is -2.06. The van der Waals surface area contributed by atoms with Crippen molar-refractivity contribution in [1.29, 1.82) is 0 Å². The summed E-state index contributed by atoms with van der Waals surface area (Å²) in [6, 6.07) is 12.1. The Bertz CT molecular complexity index is 822. The number of carbonyl (C=O) groups excluding carboxylic acids is 1. The number of anilines is 1. The van der Waals surface area contributed by atoms with E-state index in [1.165, 1.54) is 18.1 Å². The summed E-state index contributed by atoms with van der Waals surface area (Å²) in [6.07, 6.45) is 2.56. The summed E-state index contributed by atoms with van der Waals surface area (Å²) in [6.45, 7) is 4.10. The van der Waals surface area contributed by atoms with Gasteiger partial charge in [0, 0.05) is 25.6 Å². The van der Waals surface area contributed by atoms with Crippen LogP contribution in [0.2, 0.25) is 0 Å². The van der Waals surface area contributed by atoms with Crippen molar-refractivity contribution in [2.75, 3.05) is 11.9 Å². The number of benzene rings is 1. The second kappa shape index (κ2) is 6.52. The molecule has 1 amide bonds. The number of aryl methyl sites for hydroxylation is 1. The highest BCUT2D eigenvalue weighted by molar-refractivity contribution is 5.98. The number of nitrogens with one attached hydrogen (secondary N) is 2. The smallest absolute Gasteiger partial charge is 0.221 e. The minimum Gasteiger partial charge on any atom is -0.477 e. The van der Waals surface area contributed by atoms with E-state index >= 15 is 0 Å². The maximum absolute atomic E-state index is 11.2. The fraction of sp³-hybridized carbons (Fsp3) is 0.222. The van der Waals surface area contributed by atoms with Crippen LogP contribution in [0.1, 0.15) is 18.1 Å². The third kappa shape index (κ3) is 3.69. The van der Waals surface area contributed by atoms with Gasteiger partial charge in [-0.05, 0) is 18.6 Å². The summed E-state index contributed by atoms with van der Waals surface area (Å²) in [5.41, 5.74) is 4.71. The summed E-state index contributed by atoms with van der Waals surface area (Å²) in [5, 5.41) is 2.75. The lowest BCUT2D eigenvalue weighted by atomic mass is 10.1. The highest BCUT2D eigenvalue weighted by Gasteiger charge is 2.08. The Kier molecular flexibility index (Phi) is 4.28. The van der Waals surface area contributed by atoms with Crippen LogP contribution in [0.4, 0.5) is 5.69 Å². The van der Waals surface area contributed by atoms with Gasteiger partial charge in [-0.2, -0.15) is 0 Å². The number of aromatic nitrogens is 2. The Morgan fingerprint density at radius 1 is 1.22 bits per heavy atom. The maximum Gasteiger partial charge on any atom is 0.221 e. The molecule has 118 valence electrons. The van der Waals surface area contributed by atoms with Crippen molar-refractivity contribution >= 4 is 22.6 Å². The fourth-order valence-electron chi connectivity index (χ4n) is 2.37. The van der Waals surface area contributed by atoms with Gasteiger partial charge in [0.25, 0.3) is 0 Å². The lowest BCUT2D eigenvalue weighted by Gasteiger charge is -2.06. The number of pyridine rings is 1. The SMILES string of the molecule is CC(=O)Nc1c[nH]c2ccc(OCCc3ccc(C)cc3)nc12. The van der Waals surface area contributed by atoms with Crippen LogP contribution in [0.25, 0.3) is 11.0 Å². The van der Waals surface area contributed by atoms with Crippen LogP contribution in [0.15, 0.2) is 42.6 Å². The van der Waals surface area contributed by atoms with E-state index < -0.39 is 0 Å². The first-order valence-electron chi connectivity index (χ1n) is 7.56. The van der Waals surface area contributed by atoms with Gasteiger partial charge in [-0.1, -0.05) is 29.8 Å². The van der Waals surface area contributed by atoms with Crippen LogP contribution >= 0.6 is 0 Å². The van der Waals surface area contributed by atoms with Gasteiger partial charge in [0.1, 0.15) is 5.52 Å². The lowest BCUT2D eigenvalue weighted by molar-refractivity contribution is -0.114. The van der Waals surface area contributed by atoms with E-state index in [0.717, 1.165) is 11.9 Å². The summed E-state index contributed by atoms with van der Waals surface area (Å²) in [7, 11) is 0. The first kappa shape index (κ1) is 15.1. The minimum absolute atomic E-state index is 0.126. The van der Waals surface area contributed by atoms with E-state index in [0.29, 0.717) is 23.7 Å². The van der Waals surface area contributed by atoms with Crippen LogP contribution in [-0.2, 0) is 11.2 Å². The van der Waals surface area contributed by atoms with Gasteiger partial charge in [-0.25, -0.2) is 4.98 Å². The molecule has 5 nitrogen and oxygen atoms in total. The van der Waals surface area contributed by atoms with Crippen molar-refractivity contribution < 1.29 is 9.53 Å². The van der Waals surface area contributed by atoms with Gasteiger partial charge in [0.2, 0.25) is 11.8 Å². The van der Waals surface area contributed by atoms with Gasteiger partial charge in [0.15, 0.2) is 0 Å². The van der Waals surface area contributed by atoms with Crippen LogP contribution in [0, 0.1) is 6.92 Å². The third-order valence-corrected chi connectivity index (χ3v) is 3.57. The van der Waals surface area contributed by atoms with Crippen molar-refractivity contribution in [2.45, 2.75) is 20.3 Å². The van der Waals surface area contributed by atoms with E-state index in [2.05, 4.69) is 46.5 Å². The van der Waals surface area contributed by atoms with E-state index in [1.807, 2.05) is 12.1 Å². The monoisotopic (exact) mass is 309 g/mol. The van der Waals surface area contributed by atoms with E-state index in [1.54, 1.807) is 6.20 Å². The zero-order valence-electron chi connectivity index (χ0n) is 13.2. The normalized spacial score (nSPS) is 10.7. The number of rotatable bonds is 5. The van der Waals surface area contributed by atoms with Crippen LogP contribution < -0.4 is 10.1 Å². The second-order valence-corrected chi connectivity index (χ2v) is 5.51. The van der Waals surface area contributed by atoms with E-state index in [9.17, 15) is 4.79 Å². The highest BCUT2D eigenvalue weighted by Crippen LogP contribution is 2.23. The summed E-state index contributed by atoms with van der Waals surface area (Å²) in [4.78, 5) is 18.7. The van der Waals surface area contributed by atoms with Gasteiger partial charge < -0.3 is 15.0 Å². The number of carbonyl (C=O) groups is 1. The predicted octanol–water partition coefficient (Wildman–Crippen LogP) is 3.45. The number of ether oxygens (including phenoxy) is 1. The molecule has 0 aliphatic carbocycles. The van der Waals surface area contributed by atoms with Crippen LogP contribution in [0.5, 0.6) is 5.88 Å². The number of H-pyrrole nitrogens is 1. The number of hydrogen-bond donors (Lipinski definition) is 2. The molecule has 0 saturated carbocycles. The summed E-state index contributed by atoms with van der Waals surface area (Å²) in [5.74, 6) is 0.425. The first-order chi connectivity index (χ1) is 11.1. The predicted molar refractivity (Wildman–Crippen MR) is 90.8 cm³/mol. The Morgan fingerprint density at radius 3 is 2.74 bits per heavy atom. The van der Waals surface area contributed by atoms with Crippen molar-refractivity contribution in [3.8, 4) is 5.88 Å². The molecular formula is C18H19N3O2. The number of amides is 1. The first-order valence-corrected chi connectivity index (χ1v) is 7.56. The largest absolute Gasteiger partial charge is 0.477 e. The van der Waals surface area contributed by atoms with Crippen molar-refractivity contribution in [2.24, 2.45) is 0 Å². The average Bonchev–Trinajstić information content (AvgIpc) is 2.91. The molecule has 2 N–H and O–H groups in total. The van der Waals surface area contributed by atoms with Gasteiger partial charge >= 0.3 is 0 Å². The Balaban J connectivity index is 1.67. The number of aromatic amines is 1. The molecule has 0 radical (unpaired) electrons. The standard InChI is InChI=1S/C18H19N3O2/c1-12-3-5-14(6-4-12)9-10-23-17-8-7-15-18(21-17)16(11-19-15)20-13(2)22/h3-8,11,19H,9-10H2,1-2H3,(H,20,22). The molecule has 0 fully saturated rings. The average molecular weight is 309 g/mol. The number of hydrogen-bond acceptors (Lipinski definition) is 3. The Labute approximate surface area is 134 Å². The quantitative estimate of drug-likeness (QED) is 0.758. The molecule has 0 spiro atoms. The molecule has 0 aliphatic rings. The molecule has 5 heteroatoms. The Morgan fingerprint density at radius 2 is 2.00 bits per heavy atom. The molecule has 23 heavy (non-hydrogen) atoms. The molecule has 0 atom stereocenters. The molecule has 1 aromatic carbocycles. The Hall–Kier alpha value is -2.82. The second-order valence-electron chi connectivity index (χ2n) is 5.51. The number of fused-ring (bicyclic) bond motifs is 1. The van der Waals surface area contributed by atoms with Gasteiger partial charge in [-0.15, -0.1) is 0 Å². The topological polar surface area (TPSA) is 67.0 Å². The molecular weight excluding hydrogens is 290 g/mol. The molecule has 3 rings (SSSR count). The zero-order chi connectivity index (χ0) is 16.2. The van der Waals surface area contributed by atoms with Crippen molar-refractivity contribution in [3.63, 3.8) is 0 Å².